The van der Waals surface area contributed by atoms with E-state index in [-0.39, 0.29) is 33.1 Å². The van der Waals surface area contributed by atoms with Crippen molar-refractivity contribution in [3.63, 3.8) is 0 Å². The van der Waals surface area contributed by atoms with Gasteiger partial charge in [-0.2, -0.15) is 14.0 Å². The van der Waals surface area contributed by atoms with E-state index in [4.69, 9.17) is 5.14 Å². The molecule has 0 aliphatic heterocycles. The van der Waals surface area contributed by atoms with Crippen molar-refractivity contribution in [2.45, 2.75) is 25.2 Å². The molecule has 1 aromatic carbocycles. The molecule has 0 fully saturated rings. The number of primary sulfonamides is 1. The van der Waals surface area contributed by atoms with Crippen molar-refractivity contribution < 1.29 is 8.42 Å². The van der Waals surface area contributed by atoms with Crippen LogP contribution in [0.3, 0.4) is 0 Å². The first-order valence-electron chi connectivity index (χ1n) is 7.91. The molecule has 12 nitrogen and oxygen atoms in total. The van der Waals surface area contributed by atoms with Crippen LogP contribution in [-0.2, 0) is 16.4 Å². The molecule has 0 bridgehead atoms. The summed E-state index contributed by atoms with van der Waals surface area (Å²) in [5, 5.41) is 33.7. The van der Waals surface area contributed by atoms with Crippen molar-refractivity contribution in [3.8, 4) is 6.07 Å². The molecule has 0 spiro atoms. The first-order chi connectivity index (χ1) is 13.3. The third-order valence-electron chi connectivity index (χ3n) is 4.08. The summed E-state index contributed by atoms with van der Waals surface area (Å²) in [4.78, 5) is -0.165. The van der Waals surface area contributed by atoms with Crippen LogP contribution < -0.4 is 5.14 Å². The van der Waals surface area contributed by atoms with E-state index in [0.717, 1.165) is 11.7 Å². The Morgan fingerprint density at radius 1 is 1.32 bits per heavy atom. The Balaban J connectivity index is 2.01. The van der Waals surface area contributed by atoms with E-state index >= 15 is 0 Å². The Bertz CT molecular complexity index is 1400. The van der Waals surface area contributed by atoms with Crippen molar-refractivity contribution in [2.75, 3.05) is 0 Å². The monoisotopic (exact) mass is 416 g/mol. The number of rotatable bonds is 4. The highest BCUT2D eigenvalue weighted by atomic mass is 32.2. The number of hydrogen-bond acceptors (Lipinski definition) is 10. The number of aryl methyl sites for hydroxylation is 2. The standard InChI is InChI=1S/C14H12N10O2S2/c1-3-7-4-8-10(23-27-22-8)12(13(7)28(16,25)26)19-18-11-9(5-15)21-24-6(2)17-20-14(11)24/h4,21H,3H2,1-2H3,(H2,16,25,26). The van der Waals surface area contributed by atoms with E-state index in [9.17, 15) is 13.7 Å². The van der Waals surface area contributed by atoms with Gasteiger partial charge in [-0.25, -0.2) is 18.1 Å². The highest BCUT2D eigenvalue weighted by molar-refractivity contribution is 7.89. The average molecular weight is 416 g/mol. The number of nitriles is 1. The van der Waals surface area contributed by atoms with Crippen LogP contribution in [-0.4, -0.2) is 37.0 Å². The lowest BCUT2D eigenvalue weighted by molar-refractivity contribution is 0.597. The fourth-order valence-electron chi connectivity index (χ4n) is 2.82. The van der Waals surface area contributed by atoms with Gasteiger partial charge in [0, 0.05) is 0 Å². The van der Waals surface area contributed by atoms with Crippen LogP contribution >= 0.6 is 11.7 Å². The Morgan fingerprint density at radius 3 is 2.75 bits per heavy atom. The van der Waals surface area contributed by atoms with Crippen LogP contribution in [0.1, 0.15) is 24.0 Å². The predicted octanol–water partition coefficient (Wildman–Crippen LogP) is 1.87. The molecule has 0 aliphatic carbocycles. The van der Waals surface area contributed by atoms with Crippen LogP contribution in [0.15, 0.2) is 21.2 Å². The lowest BCUT2D eigenvalue weighted by Crippen LogP contribution is -2.15. The Labute approximate surface area is 162 Å². The van der Waals surface area contributed by atoms with Crippen LogP contribution in [0.25, 0.3) is 16.7 Å². The Kier molecular flexibility index (Phi) is 4.14. The number of H-pyrrole nitrogens is 1. The van der Waals surface area contributed by atoms with Gasteiger partial charge in [-0.3, -0.25) is 5.10 Å². The quantitative estimate of drug-likeness (QED) is 0.476. The zero-order valence-electron chi connectivity index (χ0n) is 14.6. The number of sulfonamides is 1. The summed E-state index contributed by atoms with van der Waals surface area (Å²) in [6.07, 6.45) is 0.392. The minimum absolute atomic E-state index is 0.0231. The first-order valence-corrected chi connectivity index (χ1v) is 10.2. The van der Waals surface area contributed by atoms with Crippen molar-refractivity contribution in [3.05, 3.63) is 23.1 Å². The molecule has 142 valence electrons. The largest absolute Gasteiger partial charge is 0.279 e. The number of benzene rings is 1. The molecular formula is C14H12N10O2S2. The molecule has 0 saturated heterocycles. The average Bonchev–Trinajstić information content (AvgIpc) is 3.34. The molecule has 3 N–H and O–H groups in total. The molecule has 0 amide bonds. The van der Waals surface area contributed by atoms with Crippen LogP contribution in [0.2, 0.25) is 0 Å². The molecule has 3 aromatic heterocycles. The van der Waals surface area contributed by atoms with Crippen LogP contribution in [0, 0.1) is 18.3 Å². The van der Waals surface area contributed by atoms with E-state index in [0.29, 0.717) is 23.3 Å². The third-order valence-corrected chi connectivity index (χ3v) is 5.65. The summed E-state index contributed by atoms with van der Waals surface area (Å²) < 4.78 is 34.3. The number of nitrogens with one attached hydrogen (secondary N) is 1. The Hall–Kier alpha value is -3.28. The molecule has 28 heavy (non-hydrogen) atoms. The highest BCUT2D eigenvalue weighted by Gasteiger charge is 2.24. The normalized spacial score (nSPS) is 12.4. The fourth-order valence-corrected chi connectivity index (χ4v) is 4.32. The number of nitrogens with two attached hydrogens (primary N) is 1. The van der Waals surface area contributed by atoms with E-state index in [1.54, 1.807) is 19.9 Å². The number of fused-ring (bicyclic) bond motifs is 2. The molecule has 0 saturated carbocycles. The fraction of sp³-hybridized carbons (Fsp3) is 0.214. The van der Waals surface area contributed by atoms with Gasteiger partial charge in [-0.15, -0.1) is 20.4 Å². The smallest absolute Gasteiger partial charge is 0.240 e. The third kappa shape index (κ3) is 2.72. The van der Waals surface area contributed by atoms with Gasteiger partial charge in [0.1, 0.15) is 33.5 Å². The van der Waals surface area contributed by atoms with E-state index in [1.165, 1.54) is 4.52 Å². The maximum absolute atomic E-state index is 12.2. The molecule has 0 atom stereocenters. The van der Waals surface area contributed by atoms with Crippen molar-refractivity contribution in [2.24, 2.45) is 15.4 Å². The van der Waals surface area contributed by atoms with Crippen LogP contribution in [0.4, 0.5) is 11.4 Å². The van der Waals surface area contributed by atoms with Gasteiger partial charge < -0.3 is 0 Å². The summed E-state index contributed by atoms with van der Waals surface area (Å²) in [7, 11) is -4.11. The van der Waals surface area contributed by atoms with E-state index in [2.05, 4.69) is 34.3 Å². The molecule has 0 aliphatic rings. The summed E-state index contributed by atoms with van der Waals surface area (Å²) >= 11 is 0.920. The van der Waals surface area contributed by atoms with Crippen LogP contribution in [0.5, 0.6) is 0 Å². The van der Waals surface area contributed by atoms with Crippen molar-refractivity contribution in [1.29, 1.82) is 5.26 Å². The highest BCUT2D eigenvalue weighted by Crippen LogP contribution is 2.37. The summed E-state index contributed by atoms with van der Waals surface area (Å²) in [6, 6.07) is 3.59. The molecule has 4 rings (SSSR count). The lowest BCUT2D eigenvalue weighted by atomic mass is 10.1. The molecule has 0 radical (unpaired) electrons. The molecule has 0 unspecified atom stereocenters. The maximum Gasteiger partial charge on any atom is 0.240 e. The maximum atomic E-state index is 12.2. The summed E-state index contributed by atoms with van der Waals surface area (Å²) in [6.45, 7) is 3.49. The second-order valence-corrected chi connectivity index (χ2v) is 7.82. The van der Waals surface area contributed by atoms with Gasteiger partial charge in [-0.1, -0.05) is 6.92 Å². The minimum atomic E-state index is -4.11. The van der Waals surface area contributed by atoms with Gasteiger partial charge in [-0.05, 0) is 25.0 Å². The first kappa shape index (κ1) is 18.1. The SMILES string of the molecule is CCc1cc2nsnc2c(N=Nc2c(C#N)[nH]n3c(C)nnc23)c1S(N)(=O)=O. The topological polar surface area (TPSA) is 180 Å². The zero-order valence-corrected chi connectivity index (χ0v) is 16.2. The van der Waals surface area contributed by atoms with Gasteiger partial charge >= 0.3 is 0 Å². The molecule has 4 aromatic rings. The molecule has 3 heterocycles. The minimum Gasteiger partial charge on any atom is -0.279 e. The summed E-state index contributed by atoms with van der Waals surface area (Å²) in [5.41, 5.74) is 1.70. The van der Waals surface area contributed by atoms with Gasteiger partial charge in [0.15, 0.2) is 11.4 Å². The van der Waals surface area contributed by atoms with Gasteiger partial charge in [0.25, 0.3) is 0 Å². The van der Waals surface area contributed by atoms with Crippen molar-refractivity contribution in [1.82, 2.24) is 28.6 Å². The molecule has 14 heteroatoms. The van der Waals surface area contributed by atoms with Gasteiger partial charge in [0.2, 0.25) is 15.7 Å². The lowest BCUT2D eigenvalue weighted by Gasteiger charge is -2.08. The number of aromatic amines is 1. The predicted molar refractivity (Wildman–Crippen MR) is 99.1 cm³/mol. The number of hydrogen-bond donors (Lipinski definition) is 2. The van der Waals surface area contributed by atoms with Gasteiger partial charge in [0.05, 0.1) is 11.7 Å². The second kappa shape index (κ2) is 6.41. The van der Waals surface area contributed by atoms with E-state index < -0.39 is 10.0 Å². The number of aromatic nitrogens is 6. The van der Waals surface area contributed by atoms with Crippen molar-refractivity contribution >= 4 is 49.8 Å². The number of nitrogens with zero attached hydrogens (tertiary/aromatic N) is 8. The molecular weight excluding hydrogens is 404 g/mol. The number of azo groups is 1. The zero-order chi connectivity index (χ0) is 20.1. The second-order valence-electron chi connectivity index (χ2n) is 5.80. The van der Waals surface area contributed by atoms with E-state index in [1.807, 2.05) is 6.07 Å². The summed E-state index contributed by atoms with van der Waals surface area (Å²) in [5.74, 6) is 0.525. The Morgan fingerprint density at radius 2 is 2.07 bits per heavy atom.